The Morgan fingerprint density at radius 1 is 0.861 bits per heavy atom. The Hall–Kier alpha value is -3.73. The van der Waals surface area contributed by atoms with E-state index in [2.05, 4.69) is 20.3 Å². The first-order valence-electron chi connectivity index (χ1n) is 10.8. The largest absolute Gasteiger partial charge is 0.418 e. The maximum absolute atomic E-state index is 13.6. The minimum atomic E-state index is -4.59. The highest BCUT2D eigenvalue weighted by Gasteiger charge is 2.34. The number of fused-ring (bicyclic) bond motifs is 1. The molecule has 0 saturated carbocycles. The first-order valence-corrected chi connectivity index (χ1v) is 10.8. The van der Waals surface area contributed by atoms with Crippen LogP contribution in [-0.2, 0) is 12.4 Å². The minimum Gasteiger partial charge on any atom is -0.340 e. The van der Waals surface area contributed by atoms with Crippen molar-refractivity contribution in [2.24, 2.45) is 0 Å². The van der Waals surface area contributed by atoms with Gasteiger partial charge in [-0.25, -0.2) is 9.97 Å². The number of pyridine rings is 1. The normalized spacial score (nSPS) is 13.3. The molecule has 5 nitrogen and oxygen atoms in total. The second-order valence-corrected chi connectivity index (χ2v) is 8.40. The number of anilines is 2. The summed E-state index contributed by atoms with van der Waals surface area (Å²) in [5.41, 5.74) is -0.951. The van der Waals surface area contributed by atoms with E-state index in [9.17, 15) is 26.3 Å². The molecule has 0 aliphatic carbocycles. The number of halogens is 6. The zero-order chi connectivity index (χ0) is 26.3. The number of nitrogens with one attached hydrogen (secondary N) is 1. The molecule has 4 rings (SSSR count). The highest BCUT2D eigenvalue weighted by atomic mass is 19.4. The summed E-state index contributed by atoms with van der Waals surface area (Å²) < 4.78 is 79.5. The van der Waals surface area contributed by atoms with Gasteiger partial charge in [0.15, 0.2) is 0 Å². The van der Waals surface area contributed by atoms with Crippen LogP contribution in [0.5, 0.6) is 0 Å². The molecule has 0 amide bonds. The van der Waals surface area contributed by atoms with Crippen molar-refractivity contribution in [3.05, 3.63) is 77.7 Å². The van der Waals surface area contributed by atoms with E-state index in [0.29, 0.717) is 28.2 Å². The molecule has 0 radical (unpaired) electrons. The van der Waals surface area contributed by atoms with Crippen LogP contribution < -0.4 is 5.32 Å². The zero-order valence-electron chi connectivity index (χ0n) is 19.4. The number of hydrogen-bond acceptors (Lipinski definition) is 5. The monoisotopic (exact) mass is 505 g/mol. The van der Waals surface area contributed by atoms with E-state index < -0.39 is 23.5 Å². The second-order valence-electron chi connectivity index (χ2n) is 8.40. The number of aromatic nitrogens is 3. The topological polar surface area (TPSA) is 53.9 Å². The van der Waals surface area contributed by atoms with Crippen LogP contribution in [0, 0.1) is 0 Å². The molecule has 0 aliphatic heterocycles. The van der Waals surface area contributed by atoms with Gasteiger partial charge in [0.1, 0.15) is 11.6 Å². The lowest BCUT2D eigenvalue weighted by molar-refractivity contribution is -0.138. The molecule has 0 spiro atoms. The molecular formula is C25H21F6N5. The third kappa shape index (κ3) is 5.25. The lowest BCUT2D eigenvalue weighted by Gasteiger charge is -2.20. The molecule has 0 bridgehead atoms. The SMILES string of the molecule is CC(c1nc(Nc2ccc(C(F)(F)F)cc2)c2ccc(-c3ncccc3C(F)(F)F)cc2n1)N(C)C. The molecule has 2 aromatic heterocycles. The highest BCUT2D eigenvalue weighted by Crippen LogP contribution is 2.37. The van der Waals surface area contributed by atoms with Gasteiger partial charge >= 0.3 is 12.4 Å². The van der Waals surface area contributed by atoms with Crippen LogP contribution in [-0.4, -0.2) is 33.9 Å². The first kappa shape index (κ1) is 25.4. The van der Waals surface area contributed by atoms with Crippen LogP contribution in [0.3, 0.4) is 0 Å². The Bertz CT molecular complexity index is 1380. The Morgan fingerprint density at radius 2 is 1.56 bits per heavy atom. The van der Waals surface area contributed by atoms with Crippen molar-refractivity contribution in [1.82, 2.24) is 19.9 Å². The van der Waals surface area contributed by atoms with Crippen LogP contribution in [0.15, 0.2) is 60.8 Å². The van der Waals surface area contributed by atoms with Gasteiger partial charge in [0.2, 0.25) is 0 Å². The molecule has 36 heavy (non-hydrogen) atoms. The van der Waals surface area contributed by atoms with Crippen LogP contribution in [0.2, 0.25) is 0 Å². The van der Waals surface area contributed by atoms with Crippen LogP contribution in [0.25, 0.3) is 22.2 Å². The molecular weight excluding hydrogens is 484 g/mol. The third-order valence-corrected chi connectivity index (χ3v) is 5.72. The minimum absolute atomic E-state index is 0.220. The highest BCUT2D eigenvalue weighted by molar-refractivity contribution is 5.93. The predicted molar refractivity (Wildman–Crippen MR) is 125 cm³/mol. The summed E-state index contributed by atoms with van der Waals surface area (Å²) in [5, 5.41) is 3.51. The van der Waals surface area contributed by atoms with E-state index in [1.54, 1.807) is 6.07 Å². The van der Waals surface area contributed by atoms with Crippen LogP contribution in [0.4, 0.5) is 37.8 Å². The Balaban J connectivity index is 1.84. The Labute approximate surface area is 202 Å². The molecule has 0 fully saturated rings. The molecule has 11 heteroatoms. The fraction of sp³-hybridized carbons (Fsp3) is 0.240. The predicted octanol–water partition coefficient (Wildman–Crippen LogP) is 7.10. The van der Waals surface area contributed by atoms with Crippen molar-refractivity contribution in [2.45, 2.75) is 25.3 Å². The molecule has 2 heterocycles. The Morgan fingerprint density at radius 3 is 2.17 bits per heavy atom. The van der Waals surface area contributed by atoms with E-state index in [4.69, 9.17) is 0 Å². The summed E-state index contributed by atoms with van der Waals surface area (Å²) in [6, 6.07) is 10.9. The standard InChI is InChI=1S/C25H21F6N5/c1-14(36(2)3)22-34-20-13-15(21-19(25(29,30)31)5-4-12-32-21)6-11-18(20)23(35-22)33-17-9-7-16(8-10-17)24(26,27)28/h4-14H,1-3H3,(H,33,34,35). The van der Waals surface area contributed by atoms with Crippen molar-refractivity contribution >= 4 is 22.4 Å². The van der Waals surface area contributed by atoms with Crippen LogP contribution >= 0.6 is 0 Å². The maximum Gasteiger partial charge on any atom is 0.418 e. The van der Waals surface area contributed by atoms with Crippen molar-refractivity contribution in [1.29, 1.82) is 0 Å². The zero-order valence-corrected chi connectivity index (χ0v) is 19.4. The quantitative estimate of drug-likeness (QED) is 0.294. The van der Waals surface area contributed by atoms with E-state index in [-0.39, 0.29) is 17.3 Å². The van der Waals surface area contributed by atoms with Crippen molar-refractivity contribution < 1.29 is 26.3 Å². The molecule has 0 aliphatic rings. The molecule has 4 aromatic rings. The Kier molecular flexibility index (Phi) is 6.61. The van der Waals surface area contributed by atoms with E-state index in [1.165, 1.54) is 36.5 Å². The summed E-state index contributed by atoms with van der Waals surface area (Å²) >= 11 is 0. The van der Waals surface area contributed by atoms with Gasteiger partial charge in [0, 0.05) is 22.8 Å². The summed E-state index contributed by atoms with van der Waals surface area (Å²) in [5.74, 6) is 0.697. The molecule has 0 saturated heterocycles. The van der Waals surface area contributed by atoms with Gasteiger partial charge < -0.3 is 5.32 Å². The summed E-state index contributed by atoms with van der Waals surface area (Å²) in [7, 11) is 3.64. The lowest BCUT2D eigenvalue weighted by Crippen LogP contribution is -2.19. The van der Waals surface area contributed by atoms with Gasteiger partial charge in [-0.05, 0) is 69.6 Å². The van der Waals surface area contributed by atoms with Gasteiger partial charge in [0.25, 0.3) is 0 Å². The van der Waals surface area contributed by atoms with Crippen molar-refractivity contribution in [3.8, 4) is 11.3 Å². The van der Waals surface area contributed by atoms with Gasteiger partial charge in [-0.15, -0.1) is 0 Å². The molecule has 188 valence electrons. The molecule has 2 aromatic carbocycles. The molecule has 1 N–H and O–H groups in total. The van der Waals surface area contributed by atoms with Gasteiger partial charge in [0.05, 0.1) is 28.4 Å². The first-order chi connectivity index (χ1) is 16.8. The number of hydrogen-bond donors (Lipinski definition) is 1. The van der Waals surface area contributed by atoms with Crippen LogP contribution in [0.1, 0.15) is 29.9 Å². The number of benzene rings is 2. The molecule has 1 atom stereocenters. The van der Waals surface area contributed by atoms with Gasteiger partial charge in [-0.2, -0.15) is 26.3 Å². The average Bonchev–Trinajstić information content (AvgIpc) is 2.82. The van der Waals surface area contributed by atoms with E-state index >= 15 is 0 Å². The van der Waals surface area contributed by atoms with E-state index in [0.717, 1.165) is 18.2 Å². The average molecular weight is 505 g/mol. The number of rotatable bonds is 5. The van der Waals surface area contributed by atoms with Crippen molar-refractivity contribution in [2.75, 3.05) is 19.4 Å². The fourth-order valence-corrected chi connectivity index (χ4v) is 3.55. The van der Waals surface area contributed by atoms with Gasteiger partial charge in [-0.1, -0.05) is 6.07 Å². The van der Waals surface area contributed by atoms with E-state index in [1.807, 2.05) is 25.9 Å². The second kappa shape index (κ2) is 9.38. The lowest BCUT2D eigenvalue weighted by atomic mass is 10.0. The fourth-order valence-electron chi connectivity index (χ4n) is 3.55. The number of alkyl halides is 6. The summed E-state index contributed by atoms with van der Waals surface area (Å²) in [6.07, 6.45) is -7.78. The smallest absolute Gasteiger partial charge is 0.340 e. The van der Waals surface area contributed by atoms with Gasteiger partial charge in [-0.3, -0.25) is 9.88 Å². The summed E-state index contributed by atoms with van der Waals surface area (Å²) in [6.45, 7) is 1.85. The number of nitrogens with zero attached hydrogens (tertiary/aromatic N) is 4. The third-order valence-electron chi connectivity index (χ3n) is 5.72. The summed E-state index contributed by atoms with van der Waals surface area (Å²) in [4.78, 5) is 14.9. The maximum atomic E-state index is 13.6. The van der Waals surface area contributed by atoms with Crippen molar-refractivity contribution in [3.63, 3.8) is 0 Å². The molecule has 1 unspecified atom stereocenters.